The van der Waals surface area contributed by atoms with Crippen LogP contribution in [0, 0.1) is 11.3 Å². The second-order valence-electron chi connectivity index (χ2n) is 8.28. The number of hydrogen-bond donors (Lipinski definition) is 2. The van der Waals surface area contributed by atoms with Crippen LogP contribution in [0.1, 0.15) is 59.8 Å². The summed E-state index contributed by atoms with van der Waals surface area (Å²) >= 11 is 0. The van der Waals surface area contributed by atoms with Gasteiger partial charge in [-0.25, -0.2) is 4.79 Å². The van der Waals surface area contributed by atoms with E-state index in [1.54, 1.807) is 13.0 Å². The largest absolute Gasteiger partial charge is 0.428 e. The summed E-state index contributed by atoms with van der Waals surface area (Å²) in [6, 6.07) is 0. The van der Waals surface area contributed by atoms with E-state index in [9.17, 15) is 9.90 Å². The van der Waals surface area contributed by atoms with Crippen LogP contribution >= 0.6 is 0 Å². The van der Waals surface area contributed by atoms with Gasteiger partial charge in [0.1, 0.15) is 0 Å². The summed E-state index contributed by atoms with van der Waals surface area (Å²) in [5, 5.41) is 19.1. The summed E-state index contributed by atoms with van der Waals surface area (Å²) < 4.78 is 11.0. The molecule has 5 heteroatoms. The number of rotatable bonds is 9. The Morgan fingerprint density at radius 3 is 2.81 bits per heavy atom. The molecule has 5 nitrogen and oxygen atoms in total. The zero-order valence-electron chi connectivity index (χ0n) is 17.1. The minimum Gasteiger partial charge on any atom is -0.428 e. The number of ether oxygens (including phenoxy) is 2. The van der Waals surface area contributed by atoms with Gasteiger partial charge in [0.2, 0.25) is 6.29 Å². The SMILES string of the molecule is C=C(CC[C@@H]1CCC2=C(C(=O)O[C@H]2OCC)C1(C)C)C[C@H](O)C=C(C)CO. The lowest BCUT2D eigenvalue weighted by molar-refractivity contribution is -0.159. The maximum absolute atomic E-state index is 12.4. The highest BCUT2D eigenvalue weighted by Gasteiger charge is 2.48. The van der Waals surface area contributed by atoms with Crippen LogP contribution < -0.4 is 0 Å². The van der Waals surface area contributed by atoms with E-state index in [4.69, 9.17) is 14.6 Å². The fourth-order valence-electron chi connectivity index (χ4n) is 4.30. The topological polar surface area (TPSA) is 76.0 Å². The molecule has 27 heavy (non-hydrogen) atoms. The van der Waals surface area contributed by atoms with Crippen molar-refractivity contribution in [1.29, 1.82) is 0 Å². The molecule has 0 amide bonds. The molecule has 2 rings (SSSR count). The smallest absolute Gasteiger partial charge is 0.337 e. The van der Waals surface area contributed by atoms with Gasteiger partial charge < -0.3 is 19.7 Å². The Balaban J connectivity index is 1.98. The second kappa shape index (κ2) is 9.18. The Kier molecular flexibility index (Phi) is 7.43. The van der Waals surface area contributed by atoms with Crippen molar-refractivity contribution in [3.05, 3.63) is 34.9 Å². The van der Waals surface area contributed by atoms with Crippen LogP contribution in [0.15, 0.2) is 34.9 Å². The molecule has 1 heterocycles. The third-order valence-electron chi connectivity index (χ3n) is 5.84. The van der Waals surface area contributed by atoms with Crippen LogP contribution in [0.5, 0.6) is 0 Å². The number of aliphatic hydroxyl groups is 2. The van der Waals surface area contributed by atoms with E-state index in [2.05, 4.69) is 20.4 Å². The summed E-state index contributed by atoms with van der Waals surface area (Å²) in [7, 11) is 0. The monoisotopic (exact) mass is 378 g/mol. The van der Waals surface area contributed by atoms with Gasteiger partial charge in [-0.2, -0.15) is 0 Å². The van der Waals surface area contributed by atoms with Crippen LogP contribution in [0.25, 0.3) is 0 Å². The van der Waals surface area contributed by atoms with E-state index < -0.39 is 12.4 Å². The fourth-order valence-corrected chi connectivity index (χ4v) is 4.30. The molecule has 152 valence electrons. The van der Waals surface area contributed by atoms with Gasteiger partial charge in [0.05, 0.1) is 12.7 Å². The number of hydrogen-bond acceptors (Lipinski definition) is 5. The van der Waals surface area contributed by atoms with Gasteiger partial charge in [0, 0.05) is 17.8 Å². The highest BCUT2D eigenvalue weighted by molar-refractivity contribution is 5.93. The summed E-state index contributed by atoms with van der Waals surface area (Å²) in [5.41, 5.74) is 3.29. The lowest BCUT2D eigenvalue weighted by atomic mass is 9.64. The Morgan fingerprint density at radius 2 is 2.19 bits per heavy atom. The second-order valence-corrected chi connectivity index (χ2v) is 8.28. The molecular weight excluding hydrogens is 344 g/mol. The average Bonchev–Trinajstić information content (AvgIpc) is 2.90. The van der Waals surface area contributed by atoms with E-state index in [-0.39, 0.29) is 18.0 Å². The zero-order valence-corrected chi connectivity index (χ0v) is 17.1. The van der Waals surface area contributed by atoms with Crippen LogP contribution in [-0.2, 0) is 14.3 Å². The predicted octanol–water partition coefficient (Wildman–Crippen LogP) is 3.66. The lowest BCUT2D eigenvalue weighted by Gasteiger charge is -2.39. The predicted molar refractivity (Wildman–Crippen MR) is 105 cm³/mol. The first-order valence-corrected chi connectivity index (χ1v) is 9.89. The van der Waals surface area contributed by atoms with Crippen LogP contribution in [-0.4, -0.2) is 41.8 Å². The molecule has 0 aromatic rings. The van der Waals surface area contributed by atoms with Crippen molar-refractivity contribution in [1.82, 2.24) is 0 Å². The van der Waals surface area contributed by atoms with Gasteiger partial charge in [-0.1, -0.05) is 32.1 Å². The summed E-state index contributed by atoms with van der Waals surface area (Å²) in [6.45, 7) is 12.5. The first kappa shape index (κ1) is 21.9. The Labute approximate surface area is 162 Å². The van der Waals surface area contributed by atoms with Crippen LogP contribution in [0.2, 0.25) is 0 Å². The van der Waals surface area contributed by atoms with Gasteiger partial charge in [0.25, 0.3) is 0 Å². The highest BCUT2D eigenvalue weighted by Crippen LogP contribution is 2.51. The Bertz CT molecular complexity index is 629. The standard InChI is InChI=1S/C22H34O5/c1-6-26-21-18-10-9-16(22(4,5)19(18)20(25)27-21)8-7-14(2)11-17(24)12-15(3)13-23/h12,16-17,21,23-24H,2,6-11,13H2,1,3-5H3/t16-,17+,21-/m1/s1. The third kappa shape index (κ3) is 5.09. The molecule has 3 atom stereocenters. The first-order valence-electron chi connectivity index (χ1n) is 9.89. The van der Waals surface area contributed by atoms with Gasteiger partial charge >= 0.3 is 5.97 Å². The van der Waals surface area contributed by atoms with Crippen molar-refractivity contribution in [3.8, 4) is 0 Å². The zero-order chi connectivity index (χ0) is 20.2. The van der Waals surface area contributed by atoms with Crippen molar-refractivity contribution in [2.75, 3.05) is 13.2 Å². The summed E-state index contributed by atoms with van der Waals surface area (Å²) in [4.78, 5) is 12.4. The van der Waals surface area contributed by atoms with Crippen molar-refractivity contribution in [2.45, 2.75) is 72.2 Å². The summed E-state index contributed by atoms with van der Waals surface area (Å²) in [6.07, 6.45) is 4.59. The molecule has 2 aliphatic rings. The minimum absolute atomic E-state index is 0.0456. The molecule has 0 aromatic carbocycles. The maximum Gasteiger partial charge on any atom is 0.337 e. The molecule has 2 N–H and O–H groups in total. The molecule has 0 aromatic heterocycles. The third-order valence-corrected chi connectivity index (χ3v) is 5.84. The molecule has 1 aliphatic heterocycles. The molecule has 0 saturated carbocycles. The van der Waals surface area contributed by atoms with E-state index in [0.717, 1.165) is 48.0 Å². The number of carbonyl (C=O) groups excluding carboxylic acids is 1. The number of aliphatic hydroxyl groups excluding tert-OH is 2. The molecule has 0 unspecified atom stereocenters. The maximum atomic E-state index is 12.4. The van der Waals surface area contributed by atoms with Crippen molar-refractivity contribution >= 4 is 5.97 Å². The summed E-state index contributed by atoms with van der Waals surface area (Å²) in [5.74, 6) is 0.116. The quantitative estimate of drug-likeness (QED) is 0.473. The van der Waals surface area contributed by atoms with Crippen LogP contribution in [0.3, 0.4) is 0 Å². The first-order chi connectivity index (χ1) is 12.7. The fraction of sp³-hybridized carbons (Fsp3) is 0.682. The van der Waals surface area contributed by atoms with E-state index in [1.165, 1.54) is 0 Å². The molecule has 0 saturated heterocycles. The van der Waals surface area contributed by atoms with Gasteiger partial charge in [-0.3, -0.25) is 0 Å². The average molecular weight is 379 g/mol. The minimum atomic E-state index is -0.616. The highest BCUT2D eigenvalue weighted by atomic mass is 16.7. The molecule has 0 spiro atoms. The normalized spacial score (nSPS) is 26.0. The van der Waals surface area contributed by atoms with Crippen molar-refractivity contribution < 1.29 is 24.5 Å². The van der Waals surface area contributed by atoms with Gasteiger partial charge in [-0.05, 0) is 62.9 Å². The van der Waals surface area contributed by atoms with E-state index in [0.29, 0.717) is 18.9 Å². The molecular formula is C22H34O5. The number of carbonyl (C=O) groups is 1. The van der Waals surface area contributed by atoms with Gasteiger partial charge in [0.15, 0.2) is 0 Å². The Hall–Kier alpha value is -1.43. The van der Waals surface area contributed by atoms with Gasteiger partial charge in [-0.15, -0.1) is 0 Å². The molecule has 0 fully saturated rings. The lowest BCUT2D eigenvalue weighted by Crippen LogP contribution is -2.33. The van der Waals surface area contributed by atoms with E-state index in [1.807, 2.05) is 6.92 Å². The van der Waals surface area contributed by atoms with Crippen molar-refractivity contribution in [3.63, 3.8) is 0 Å². The van der Waals surface area contributed by atoms with Crippen LogP contribution in [0.4, 0.5) is 0 Å². The molecule has 1 aliphatic carbocycles. The number of cyclic esters (lactones) is 1. The van der Waals surface area contributed by atoms with Crippen molar-refractivity contribution in [2.24, 2.45) is 11.3 Å². The Morgan fingerprint density at radius 1 is 1.48 bits per heavy atom. The van der Waals surface area contributed by atoms with E-state index >= 15 is 0 Å². The molecule has 0 bridgehead atoms. The number of esters is 1. The molecule has 0 radical (unpaired) electrons.